The minimum atomic E-state index is -0.702. The summed E-state index contributed by atoms with van der Waals surface area (Å²) in [4.78, 5) is 24.4. The normalized spacial score (nSPS) is 10.3. The lowest BCUT2D eigenvalue weighted by Gasteiger charge is -2.14. The van der Waals surface area contributed by atoms with Crippen LogP contribution in [0.5, 0.6) is 5.88 Å². The summed E-state index contributed by atoms with van der Waals surface area (Å²) in [5.41, 5.74) is -0.272. The third-order valence-electron chi connectivity index (χ3n) is 2.92. The molecule has 1 aromatic heterocycles. The van der Waals surface area contributed by atoms with Gasteiger partial charge in [-0.05, 0) is 50.2 Å². The van der Waals surface area contributed by atoms with Crippen LogP contribution in [0.3, 0.4) is 0 Å². The van der Waals surface area contributed by atoms with Gasteiger partial charge in [0.2, 0.25) is 5.88 Å². The third kappa shape index (κ3) is 3.16. The lowest BCUT2D eigenvalue weighted by Crippen LogP contribution is -2.27. The van der Waals surface area contributed by atoms with E-state index in [2.05, 4.69) is 0 Å². The smallest absolute Gasteiger partial charge is 0.343 e. The molecule has 2 rings (SSSR count). The van der Waals surface area contributed by atoms with Gasteiger partial charge >= 0.3 is 5.97 Å². The first-order chi connectivity index (χ1) is 10.6. The number of carbonyl (C=O) groups is 1. The van der Waals surface area contributed by atoms with Crippen LogP contribution in [0.25, 0.3) is 5.69 Å². The highest BCUT2D eigenvalue weighted by Crippen LogP contribution is 2.17. The SMILES string of the molecule is CCOC(=O)c1ccc(OCC)n(-c2ccc(F)cc2)c1=O. The molecule has 0 aliphatic carbocycles. The largest absolute Gasteiger partial charge is 0.479 e. The zero-order chi connectivity index (χ0) is 16.1. The summed E-state index contributed by atoms with van der Waals surface area (Å²) in [6.45, 7) is 3.95. The van der Waals surface area contributed by atoms with Crippen LogP contribution < -0.4 is 10.3 Å². The molecule has 0 fully saturated rings. The Bertz CT molecular complexity index is 722. The van der Waals surface area contributed by atoms with Gasteiger partial charge in [0.1, 0.15) is 11.4 Å². The summed E-state index contributed by atoms with van der Waals surface area (Å²) in [7, 11) is 0. The van der Waals surface area contributed by atoms with E-state index in [0.29, 0.717) is 12.3 Å². The van der Waals surface area contributed by atoms with Gasteiger partial charge in [-0.2, -0.15) is 0 Å². The van der Waals surface area contributed by atoms with E-state index in [4.69, 9.17) is 9.47 Å². The van der Waals surface area contributed by atoms with Gasteiger partial charge in [0.15, 0.2) is 0 Å². The quantitative estimate of drug-likeness (QED) is 0.797. The van der Waals surface area contributed by atoms with Crippen LogP contribution >= 0.6 is 0 Å². The summed E-state index contributed by atoms with van der Waals surface area (Å²) in [5.74, 6) is -0.852. The van der Waals surface area contributed by atoms with Crippen LogP contribution in [0.15, 0.2) is 41.2 Å². The predicted molar refractivity (Wildman–Crippen MR) is 79.1 cm³/mol. The molecule has 0 atom stereocenters. The Hall–Kier alpha value is -2.63. The van der Waals surface area contributed by atoms with E-state index >= 15 is 0 Å². The predicted octanol–water partition coefficient (Wildman–Crippen LogP) is 2.55. The number of ether oxygens (including phenoxy) is 2. The van der Waals surface area contributed by atoms with Gasteiger partial charge < -0.3 is 9.47 Å². The first-order valence-corrected chi connectivity index (χ1v) is 6.90. The summed E-state index contributed by atoms with van der Waals surface area (Å²) >= 11 is 0. The van der Waals surface area contributed by atoms with Crippen molar-refractivity contribution in [1.82, 2.24) is 4.57 Å². The van der Waals surface area contributed by atoms with Gasteiger partial charge in [-0.3, -0.25) is 4.79 Å². The molecule has 0 aliphatic heterocycles. The topological polar surface area (TPSA) is 57.5 Å². The van der Waals surface area contributed by atoms with E-state index < -0.39 is 17.3 Å². The molecule has 0 N–H and O–H groups in total. The van der Waals surface area contributed by atoms with E-state index in [1.165, 1.54) is 41.0 Å². The molecule has 1 aromatic carbocycles. The Labute approximate surface area is 126 Å². The van der Waals surface area contributed by atoms with Crippen LogP contribution in [0.1, 0.15) is 24.2 Å². The van der Waals surface area contributed by atoms with Crippen LogP contribution in [0, 0.1) is 5.82 Å². The molecule has 116 valence electrons. The molecule has 1 heterocycles. The molecule has 0 spiro atoms. The van der Waals surface area contributed by atoms with Crippen molar-refractivity contribution in [1.29, 1.82) is 0 Å². The molecule has 0 saturated carbocycles. The number of esters is 1. The zero-order valence-electron chi connectivity index (χ0n) is 12.3. The molecule has 0 aliphatic rings. The fraction of sp³-hybridized carbons (Fsp3) is 0.250. The number of halogens is 1. The van der Waals surface area contributed by atoms with Crippen LogP contribution in [0.2, 0.25) is 0 Å². The Balaban J connectivity index is 2.62. The van der Waals surface area contributed by atoms with E-state index in [-0.39, 0.29) is 18.1 Å². The zero-order valence-corrected chi connectivity index (χ0v) is 12.3. The fourth-order valence-corrected chi connectivity index (χ4v) is 1.98. The van der Waals surface area contributed by atoms with Crippen molar-refractivity contribution in [2.24, 2.45) is 0 Å². The maximum atomic E-state index is 13.1. The van der Waals surface area contributed by atoms with Gasteiger partial charge in [-0.1, -0.05) is 0 Å². The average Bonchev–Trinajstić information content (AvgIpc) is 2.49. The van der Waals surface area contributed by atoms with Gasteiger partial charge in [0.25, 0.3) is 5.56 Å². The second-order valence-corrected chi connectivity index (χ2v) is 4.36. The van der Waals surface area contributed by atoms with E-state index in [0.717, 1.165) is 0 Å². The fourth-order valence-electron chi connectivity index (χ4n) is 1.98. The van der Waals surface area contributed by atoms with Gasteiger partial charge in [-0.25, -0.2) is 13.8 Å². The molecule has 0 bridgehead atoms. The number of hydrogen-bond acceptors (Lipinski definition) is 4. The molecule has 0 amide bonds. The van der Waals surface area contributed by atoms with Crippen molar-refractivity contribution < 1.29 is 18.7 Å². The molecule has 0 unspecified atom stereocenters. The van der Waals surface area contributed by atoms with E-state index in [1.807, 2.05) is 0 Å². The van der Waals surface area contributed by atoms with Crippen molar-refractivity contribution in [3.8, 4) is 11.6 Å². The molecule has 22 heavy (non-hydrogen) atoms. The number of carbonyl (C=O) groups excluding carboxylic acids is 1. The molecular weight excluding hydrogens is 289 g/mol. The van der Waals surface area contributed by atoms with Crippen molar-refractivity contribution in [2.45, 2.75) is 13.8 Å². The van der Waals surface area contributed by atoms with Crippen molar-refractivity contribution >= 4 is 5.97 Å². The van der Waals surface area contributed by atoms with Crippen LogP contribution in [-0.4, -0.2) is 23.8 Å². The monoisotopic (exact) mass is 305 g/mol. The Morgan fingerprint density at radius 1 is 1.09 bits per heavy atom. The van der Waals surface area contributed by atoms with Gasteiger partial charge in [0, 0.05) is 0 Å². The highest BCUT2D eigenvalue weighted by molar-refractivity contribution is 5.89. The minimum Gasteiger partial charge on any atom is -0.479 e. The number of pyridine rings is 1. The summed E-state index contributed by atoms with van der Waals surface area (Å²) in [6, 6.07) is 8.22. The van der Waals surface area contributed by atoms with Crippen molar-refractivity contribution in [3.63, 3.8) is 0 Å². The first-order valence-electron chi connectivity index (χ1n) is 6.90. The molecular formula is C16H16FNO4. The highest BCUT2D eigenvalue weighted by atomic mass is 19.1. The lowest BCUT2D eigenvalue weighted by atomic mass is 10.2. The number of benzene rings is 1. The Kier molecular flexibility index (Phi) is 4.93. The highest BCUT2D eigenvalue weighted by Gasteiger charge is 2.17. The molecule has 6 heteroatoms. The maximum Gasteiger partial charge on any atom is 0.343 e. The minimum absolute atomic E-state index is 0.102. The Morgan fingerprint density at radius 3 is 2.36 bits per heavy atom. The molecule has 0 radical (unpaired) electrons. The van der Waals surface area contributed by atoms with E-state index in [9.17, 15) is 14.0 Å². The molecule has 2 aromatic rings. The Morgan fingerprint density at radius 2 is 1.77 bits per heavy atom. The average molecular weight is 305 g/mol. The number of hydrogen-bond donors (Lipinski definition) is 0. The van der Waals surface area contributed by atoms with Crippen LogP contribution in [0.4, 0.5) is 4.39 Å². The molecule has 0 saturated heterocycles. The summed E-state index contributed by atoms with van der Waals surface area (Å²) in [6.07, 6.45) is 0. The molecule has 5 nitrogen and oxygen atoms in total. The standard InChI is InChI=1S/C16H16FNO4/c1-3-21-14-10-9-13(16(20)22-4-2)15(19)18(14)12-7-5-11(17)6-8-12/h5-10H,3-4H2,1-2H3. The lowest BCUT2D eigenvalue weighted by molar-refractivity contribution is 0.0523. The summed E-state index contributed by atoms with van der Waals surface area (Å²) in [5, 5.41) is 0. The number of aromatic nitrogens is 1. The van der Waals surface area contributed by atoms with Crippen LogP contribution in [-0.2, 0) is 4.74 Å². The van der Waals surface area contributed by atoms with Gasteiger partial charge in [-0.15, -0.1) is 0 Å². The number of nitrogens with zero attached hydrogens (tertiary/aromatic N) is 1. The van der Waals surface area contributed by atoms with E-state index in [1.54, 1.807) is 13.8 Å². The summed E-state index contributed by atoms with van der Waals surface area (Å²) < 4.78 is 24.6. The van der Waals surface area contributed by atoms with Crippen molar-refractivity contribution in [2.75, 3.05) is 13.2 Å². The second kappa shape index (κ2) is 6.89. The van der Waals surface area contributed by atoms with Gasteiger partial charge in [0.05, 0.1) is 18.9 Å². The number of rotatable bonds is 5. The third-order valence-corrected chi connectivity index (χ3v) is 2.92. The second-order valence-electron chi connectivity index (χ2n) is 4.36. The van der Waals surface area contributed by atoms with Crippen molar-refractivity contribution in [3.05, 3.63) is 58.1 Å². The first kappa shape index (κ1) is 15.8. The maximum absolute atomic E-state index is 13.1.